The van der Waals surface area contributed by atoms with Crippen molar-refractivity contribution in [2.45, 2.75) is 40.7 Å². The van der Waals surface area contributed by atoms with E-state index >= 15 is 0 Å². The van der Waals surface area contributed by atoms with Crippen LogP contribution in [0.4, 0.5) is 5.69 Å². The van der Waals surface area contributed by atoms with E-state index in [0.717, 1.165) is 16.7 Å². The molecule has 0 bridgehead atoms. The summed E-state index contributed by atoms with van der Waals surface area (Å²) in [4.78, 5) is 12.6. The lowest BCUT2D eigenvalue weighted by atomic mass is 9.96. The van der Waals surface area contributed by atoms with Crippen molar-refractivity contribution in [2.24, 2.45) is 0 Å². The molecule has 0 saturated heterocycles. The summed E-state index contributed by atoms with van der Waals surface area (Å²) in [6, 6.07) is 9.54. The molecule has 2 aromatic rings. The maximum Gasteiger partial charge on any atom is 0.203 e. The van der Waals surface area contributed by atoms with Crippen LogP contribution in [0.2, 0.25) is 0 Å². The van der Waals surface area contributed by atoms with E-state index in [0.29, 0.717) is 17.0 Å². The van der Waals surface area contributed by atoms with Crippen molar-refractivity contribution in [3.05, 3.63) is 58.1 Å². The minimum absolute atomic E-state index is 0.0272. The van der Waals surface area contributed by atoms with Gasteiger partial charge in [-0.1, -0.05) is 12.1 Å². The van der Waals surface area contributed by atoms with Crippen LogP contribution in [0.1, 0.15) is 39.5 Å². The second kappa shape index (κ2) is 6.22. The lowest BCUT2D eigenvalue weighted by molar-refractivity contribution is 0.0818. The van der Waals surface area contributed by atoms with E-state index in [2.05, 4.69) is 0 Å². The van der Waals surface area contributed by atoms with Gasteiger partial charge in [0.2, 0.25) is 5.78 Å². The molecule has 0 radical (unpaired) electrons. The van der Waals surface area contributed by atoms with E-state index < -0.39 is 6.10 Å². The van der Waals surface area contributed by atoms with Crippen molar-refractivity contribution in [2.75, 3.05) is 5.73 Å². The number of ketones is 1. The van der Waals surface area contributed by atoms with Gasteiger partial charge in [0, 0.05) is 5.56 Å². The number of aryl methyl sites for hydroxylation is 4. The summed E-state index contributed by atoms with van der Waals surface area (Å²) in [5.74, 6) is 0.522. The third-order valence-corrected chi connectivity index (χ3v) is 3.94. The molecule has 0 fully saturated rings. The number of hydrogen-bond donors (Lipinski definition) is 1. The van der Waals surface area contributed by atoms with Crippen LogP contribution >= 0.6 is 0 Å². The van der Waals surface area contributed by atoms with Gasteiger partial charge in [-0.2, -0.15) is 0 Å². The highest BCUT2D eigenvalue weighted by Gasteiger charge is 2.20. The van der Waals surface area contributed by atoms with E-state index in [4.69, 9.17) is 10.5 Å². The molecule has 0 spiro atoms. The van der Waals surface area contributed by atoms with Crippen molar-refractivity contribution < 1.29 is 9.53 Å². The SMILES string of the molecule is Cc1ccc(OC(C)C(=O)c2cc(C)c(C)cc2C)c(N)c1. The van der Waals surface area contributed by atoms with Gasteiger partial charge in [-0.05, 0) is 75.1 Å². The average Bonchev–Trinajstić information content (AvgIpc) is 2.45. The summed E-state index contributed by atoms with van der Waals surface area (Å²) < 4.78 is 5.77. The smallest absolute Gasteiger partial charge is 0.203 e. The van der Waals surface area contributed by atoms with Gasteiger partial charge in [0.25, 0.3) is 0 Å². The summed E-state index contributed by atoms with van der Waals surface area (Å²) in [5, 5.41) is 0. The number of rotatable bonds is 4. The summed E-state index contributed by atoms with van der Waals surface area (Å²) in [5.41, 5.74) is 11.5. The first-order valence-corrected chi connectivity index (χ1v) is 7.44. The Kier molecular flexibility index (Phi) is 4.55. The molecule has 0 aromatic heterocycles. The molecule has 2 N–H and O–H groups in total. The molecule has 0 aliphatic rings. The molecule has 0 saturated carbocycles. The summed E-state index contributed by atoms with van der Waals surface area (Å²) in [6.45, 7) is 9.73. The van der Waals surface area contributed by atoms with Crippen molar-refractivity contribution >= 4 is 11.5 Å². The first kappa shape index (κ1) is 16.1. The van der Waals surface area contributed by atoms with Crippen molar-refractivity contribution in [3.63, 3.8) is 0 Å². The second-order valence-electron chi connectivity index (χ2n) is 5.92. The Bertz CT molecular complexity index is 720. The second-order valence-corrected chi connectivity index (χ2v) is 5.92. The van der Waals surface area contributed by atoms with Crippen LogP contribution in [-0.4, -0.2) is 11.9 Å². The zero-order valence-corrected chi connectivity index (χ0v) is 13.9. The molecule has 22 heavy (non-hydrogen) atoms. The quantitative estimate of drug-likeness (QED) is 0.681. The molecule has 3 heteroatoms. The van der Waals surface area contributed by atoms with Crippen LogP contribution in [0, 0.1) is 27.7 Å². The highest BCUT2D eigenvalue weighted by Crippen LogP contribution is 2.25. The largest absolute Gasteiger partial charge is 0.480 e. The van der Waals surface area contributed by atoms with Gasteiger partial charge < -0.3 is 10.5 Å². The number of carbonyl (C=O) groups excluding carboxylic acids is 1. The highest BCUT2D eigenvalue weighted by molar-refractivity contribution is 6.01. The van der Waals surface area contributed by atoms with Crippen LogP contribution in [0.15, 0.2) is 30.3 Å². The Labute approximate surface area is 132 Å². The van der Waals surface area contributed by atoms with E-state index in [1.807, 2.05) is 58.0 Å². The monoisotopic (exact) mass is 297 g/mol. The van der Waals surface area contributed by atoms with E-state index in [1.54, 1.807) is 6.92 Å². The van der Waals surface area contributed by atoms with Gasteiger partial charge >= 0.3 is 0 Å². The highest BCUT2D eigenvalue weighted by atomic mass is 16.5. The predicted molar refractivity (Wildman–Crippen MR) is 90.7 cm³/mol. The number of hydrogen-bond acceptors (Lipinski definition) is 3. The molecule has 0 heterocycles. The van der Waals surface area contributed by atoms with Crippen LogP contribution in [-0.2, 0) is 0 Å². The lowest BCUT2D eigenvalue weighted by Gasteiger charge is -2.17. The number of Topliss-reactive ketones (excluding diaryl/α,β-unsaturated/α-hetero) is 1. The van der Waals surface area contributed by atoms with Crippen LogP contribution in [0.3, 0.4) is 0 Å². The van der Waals surface area contributed by atoms with Crippen molar-refractivity contribution in [1.29, 1.82) is 0 Å². The molecular formula is C19H23NO2. The van der Waals surface area contributed by atoms with Crippen LogP contribution in [0.25, 0.3) is 0 Å². The van der Waals surface area contributed by atoms with Gasteiger partial charge in [-0.25, -0.2) is 0 Å². The van der Waals surface area contributed by atoms with E-state index in [9.17, 15) is 4.79 Å². The fraction of sp³-hybridized carbons (Fsp3) is 0.316. The van der Waals surface area contributed by atoms with Gasteiger partial charge in [0.05, 0.1) is 5.69 Å². The number of anilines is 1. The molecule has 0 aliphatic heterocycles. The average molecular weight is 297 g/mol. The molecule has 3 nitrogen and oxygen atoms in total. The number of nitrogens with two attached hydrogens (primary N) is 1. The zero-order chi connectivity index (χ0) is 16.4. The standard InChI is InChI=1S/C19H23NO2/c1-11-6-7-18(17(20)8-11)22-15(5)19(21)16-10-13(3)12(2)9-14(16)4/h6-10,15H,20H2,1-5H3. The van der Waals surface area contributed by atoms with E-state index in [1.165, 1.54) is 5.56 Å². The van der Waals surface area contributed by atoms with Crippen LogP contribution in [0.5, 0.6) is 5.75 Å². The normalized spacial score (nSPS) is 12.0. The number of ether oxygens (including phenoxy) is 1. The van der Waals surface area contributed by atoms with Gasteiger partial charge in [0.1, 0.15) is 5.75 Å². The molecule has 1 atom stereocenters. The summed E-state index contributed by atoms with van der Waals surface area (Å²) >= 11 is 0. The Hall–Kier alpha value is -2.29. The molecule has 2 aromatic carbocycles. The number of nitrogen functional groups attached to an aromatic ring is 1. The third-order valence-electron chi connectivity index (χ3n) is 3.94. The summed E-state index contributed by atoms with van der Waals surface area (Å²) in [7, 11) is 0. The molecule has 2 rings (SSSR count). The fourth-order valence-corrected chi connectivity index (χ4v) is 2.46. The number of carbonyl (C=O) groups is 1. The number of benzene rings is 2. The Morgan fingerprint density at radius 2 is 1.64 bits per heavy atom. The zero-order valence-electron chi connectivity index (χ0n) is 13.9. The lowest BCUT2D eigenvalue weighted by Crippen LogP contribution is -2.25. The van der Waals surface area contributed by atoms with Crippen molar-refractivity contribution in [3.8, 4) is 5.75 Å². The van der Waals surface area contributed by atoms with Gasteiger partial charge in [-0.3, -0.25) is 4.79 Å². The Morgan fingerprint density at radius 3 is 2.27 bits per heavy atom. The molecule has 0 amide bonds. The van der Waals surface area contributed by atoms with Crippen LogP contribution < -0.4 is 10.5 Å². The first-order chi connectivity index (χ1) is 10.3. The maximum absolute atomic E-state index is 12.6. The minimum atomic E-state index is -0.578. The van der Waals surface area contributed by atoms with E-state index in [-0.39, 0.29) is 5.78 Å². The molecule has 0 aliphatic carbocycles. The Balaban J connectivity index is 2.24. The fourth-order valence-electron chi connectivity index (χ4n) is 2.46. The molecule has 116 valence electrons. The Morgan fingerprint density at radius 1 is 1.00 bits per heavy atom. The minimum Gasteiger partial charge on any atom is -0.480 e. The van der Waals surface area contributed by atoms with Crippen molar-refractivity contribution in [1.82, 2.24) is 0 Å². The topological polar surface area (TPSA) is 52.3 Å². The first-order valence-electron chi connectivity index (χ1n) is 7.44. The maximum atomic E-state index is 12.6. The molecular weight excluding hydrogens is 274 g/mol. The predicted octanol–water partition coefficient (Wildman–Crippen LogP) is 4.15. The molecule has 1 unspecified atom stereocenters. The van der Waals surface area contributed by atoms with Gasteiger partial charge in [0.15, 0.2) is 6.10 Å². The summed E-state index contributed by atoms with van der Waals surface area (Å²) in [6.07, 6.45) is -0.578. The third kappa shape index (κ3) is 3.30. The van der Waals surface area contributed by atoms with Gasteiger partial charge in [-0.15, -0.1) is 0 Å².